The number of benzene rings is 3. The molecule has 54 heavy (non-hydrogen) atoms. The standard InChI is InChI=1S/C38H41BrN2O11S2/c1-53(45,46)15-13-49-37(43)31-17-27-9-10-29(42)19-30(27)36(26-7-5-25(6-8-26)21-40-11-3-4-12-40)41(23-32(31)38(44)50-14-16-54(2,47)48)22-28-18-34-35(20-33(28)39)52-24-51-34/h5-10,17-20,23,36,42H,3-4,11-16,21-22,24H2,1-2H3. The van der Waals surface area contributed by atoms with Gasteiger partial charge in [0.15, 0.2) is 31.2 Å². The molecule has 1 unspecified atom stereocenters. The van der Waals surface area contributed by atoms with Gasteiger partial charge in [-0.1, -0.05) is 46.3 Å². The zero-order valence-corrected chi connectivity index (χ0v) is 33.0. The molecule has 3 aromatic rings. The van der Waals surface area contributed by atoms with Gasteiger partial charge < -0.3 is 29.0 Å². The molecule has 0 bridgehead atoms. The van der Waals surface area contributed by atoms with E-state index in [-0.39, 0.29) is 30.2 Å². The second-order valence-electron chi connectivity index (χ2n) is 13.5. The lowest BCUT2D eigenvalue weighted by atomic mass is 9.88. The minimum absolute atomic E-state index is 0.0377. The average molecular weight is 846 g/mol. The number of aromatic hydroxyl groups is 1. The zero-order chi connectivity index (χ0) is 38.6. The number of carbonyl (C=O) groups excluding carboxylic acids is 2. The fraction of sp³-hybridized carbons (Fsp3) is 0.368. The quantitative estimate of drug-likeness (QED) is 0.239. The highest BCUT2D eigenvalue weighted by Crippen LogP contribution is 2.42. The first-order chi connectivity index (χ1) is 25.6. The van der Waals surface area contributed by atoms with Crippen molar-refractivity contribution in [3.8, 4) is 17.2 Å². The Bertz CT molecular complexity index is 2200. The van der Waals surface area contributed by atoms with Crippen molar-refractivity contribution in [2.45, 2.75) is 32.0 Å². The summed E-state index contributed by atoms with van der Waals surface area (Å²) in [5.74, 6) is -1.88. The van der Waals surface area contributed by atoms with E-state index in [4.69, 9.17) is 18.9 Å². The maximum Gasteiger partial charge on any atom is 0.340 e. The van der Waals surface area contributed by atoms with Gasteiger partial charge in [-0.3, -0.25) is 4.90 Å². The van der Waals surface area contributed by atoms with E-state index in [1.807, 2.05) is 29.2 Å². The van der Waals surface area contributed by atoms with Gasteiger partial charge in [-0.15, -0.1) is 0 Å². The van der Waals surface area contributed by atoms with Gasteiger partial charge in [-0.2, -0.15) is 0 Å². The molecular weight excluding hydrogens is 804 g/mol. The van der Waals surface area contributed by atoms with Gasteiger partial charge in [0.2, 0.25) is 6.79 Å². The van der Waals surface area contributed by atoms with Gasteiger partial charge in [0.1, 0.15) is 19.0 Å². The largest absolute Gasteiger partial charge is 0.508 e. The van der Waals surface area contributed by atoms with Crippen molar-refractivity contribution in [2.24, 2.45) is 0 Å². The first-order valence-electron chi connectivity index (χ1n) is 17.2. The highest BCUT2D eigenvalue weighted by Gasteiger charge is 2.33. The molecule has 0 spiro atoms. The summed E-state index contributed by atoms with van der Waals surface area (Å²) in [4.78, 5) is 32.0. The van der Waals surface area contributed by atoms with Gasteiger partial charge in [0.05, 0.1) is 28.7 Å². The summed E-state index contributed by atoms with van der Waals surface area (Å²) in [5, 5.41) is 10.8. The number of fused-ring (bicyclic) bond motifs is 2. The predicted molar refractivity (Wildman–Crippen MR) is 204 cm³/mol. The number of esters is 2. The van der Waals surface area contributed by atoms with Gasteiger partial charge in [0, 0.05) is 36.3 Å². The number of phenolic OH excluding ortho intramolecular Hbond substituents is 1. The summed E-state index contributed by atoms with van der Waals surface area (Å²) in [6, 6.07) is 15.7. The summed E-state index contributed by atoms with van der Waals surface area (Å²) in [7, 11) is -7.00. The number of sulfone groups is 2. The third kappa shape index (κ3) is 10.0. The number of carbonyl (C=O) groups is 2. The van der Waals surface area contributed by atoms with E-state index in [0.717, 1.165) is 61.7 Å². The number of likely N-dealkylation sites (tertiary alicyclic amines) is 1. The zero-order valence-electron chi connectivity index (χ0n) is 29.8. The van der Waals surface area contributed by atoms with Crippen LogP contribution in [0.1, 0.15) is 46.7 Å². The molecule has 0 radical (unpaired) electrons. The summed E-state index contributed by atoms with van der Waals surface area (Å²) < 4.78 is 70.3. The highest BCUT2D eigenvalue weighted by molar-refractivity contribution is 9.10. The lowest BCUT2D eigenvalue weighted by Gasteiger charge is -2.35. The molecule has 3 aliphatic heterocycles. The predicted octanol–water partition coefficient (Wildman–Crippen LogP) is 4.53. The van der Waals surface area contributed by atoms with E-state index in [1.54, 1.807) is 24.3 Å². The van der Waals surface area contributed by atoms with Gasteiger partial charge in [-0.25, -0.2) is 26.4 Å². The Morgan fingerprint density at radius 2 is 1.44 bits per heavy atom. The van der Waals surface area contributed by atoms with Crippen LogP contribution in [-0.2, 0) is 51.8 Å². The summed E-state index contributed by atoms with van der Waals surface area (Å²) in [5.41, 5.74) is 3.18. The lowest BCUT2D eigenvalue weighted by molar-refractivity contribution is -0.142. The second kappa shape index (κ2) is 16.6. The summed E-state index contributed by atoms with van der Waals surface area (Å²) >= 11 is 3.65. The van der Waals surface area contributed by atoms with Crippen LogP contribution in [0.5, 0.6) is 17.2 Å². The third-order valence-electron chi connectivity index (χ3n) is 9.19. The Morgan fingerprint density at radius 3 is 2.07 bits per heavy atom. The topological polar surface area (TPSA) is 166 Å². The molecule has 1 saturated heterocycles. The minimum Gasteiger partial charge on any atom is -0.508 e. The summed E-state index contributed by atoms with van der Waals surface area (Å²) in [6.07, 6.45) is 7.24. The van der Waals surface area contributed by atoms with Crippen LogP contribution in [0.4, 0.5) is 0 Å². The maximum atomic E-state index is 14.0. The van der Waals surface area contributed by atoms with Crippen molar-refractivity contribution in [1.29, 1.82) is 0 Å². The Morgan fingerprint density at radius 1 is 0.833 bits per heavy atom. The molecule has 3 aliphatic rings. The number of nitrogens with zero attached hydrogens (tertiary/aromatic N) is 2. The van der Waals surface area contributed by atoms with Crippen molar-refractivity contribution in [3.05, 3.63) is 104 Å². The van der Waals surface area contributed by atoms with E-state index in [0.29, 0.717) is 27.1 Å². The first-order valence-corrected chi connectivity index (χ1v) is 22.2. The van der Waals surface area contributed by atoms with Crippen LogP contribution in [0.3, 0.4) is 0 Å². The maximum absolute atomic E-state index is 14.0. The molecule has 0 aromatic heterocycles. The van der Waals surface area contributed by atoms with Crippen molar-refractivity contribution >= 4 is 53.6 Å². The molecule has 1 N–H and O–H groups in total. The van der Waals surface area contributed by atoms with Gasteiger partial charge in [-0.05, 0) is 84.1 Å². The molecular formula is C38H41BrN2O11S2. The molecule has 0 aliphatic carbocycles. The number of phenols is 1. The highest BCUT2D eigenvalue weighted by atomic mass is 79.9. The molecule has 1 fully saturated rings. The minimum atomic E-state index is -3.51. The van der Waals surface area contributed by atoms with Crippen LogP contribution in [0.25, 0.3) is 6.08 Å². The van der Waals surface area contributed by atoms with Gasteiger partial charge in [0.25, 0.3) is 0 Å². The number of ether oxygens (including phenoxy) is 4. The van der Waals surface area contributed by atoms with Crippen molar-refractivity contribution in [1.82, 2.24) is 9.80 Å². The number of halogens is 1. The molecule has 3 heterocycles. The number of hydrogen-bond donors (Lipinski definition) is 1. The fourth-order valence-electron chi connectivity index (χ4n) is 6.50. The SMILES string of the molecule is CS(=O)(=O)CCOC(=O)C1=Cc2ccc(O)cc2C(c2ccc(CN3CCCC3)cc2)N(Cc2cc3c(cc2Br)OCO3)C=C1C(=O)OCCS(C)(=O)=O. The monoisotopic (exact) mass is 844 g/mol. The van der Waals surface area contributed by atoms with E-state index in [9.17, 15) is 31.5 Å². The molecule has 0 amide bonds. The Kier molecular flexibility index (Phi) is 12.1. The third-order valence-corrected chi connectivity index (χ3v) is 11.7. The molecule has 0 saturated carbocycles. The van der Waals surface area contributed by atoms with E-state index in [1.165, 1.54) is 18.3 Å². The average Bonchev–Trinajstić information content (AvgIpc) is 3.78. The first kappa shape index (κ1) is 39.3. The van der Waals surface area contributed by atoms with Crippen LogP contribution in [0.2, 0.25) is 0 Å². The molecule has 1 atom stereocenters. The van der Waals surface area contributed by atoms with E-state index in [2.05, 4.69) is 20.8 Å². The van der Waals surface area contributed by atoms with Crippen LogP contribution >= 0.6 is 15.9 Å². The Hall–Kier alpha value is -4.38. The normalized spacial score (nSPS) is 17.2. The van der Waals surface area contributed by atoms with Crippen LogP contribution < -0.4 is 9.47 Å². The van der Waals surface area contributed by atoms with E-state index < -0.39 is 62.4 Å². The molecule has 16 heteroatoms. The van der Waals surface area contributed by atoms with Crippen LogP contribution in [0, 0.1) is 0 Å². The fourth-order valence-corrected chi connectivity index (χ4v) is 7.72. The lowest BCUT2D eigenvalue weighted by Crippen LogP contribution is -2.30. The Labute approximate surface area is 323 Å². The number of rotatable bonds is 13. The molecule has 3 aromatic carbocycles. The van der Waals surface area contributed by atoms with Crippen LogP contribution in [-0.4, -0.2) is 101 Å². The van der Waals surface area contributed by atoms with E-state index >= 15 is 0 Å². The molecule has 13 nitrogen and oxygen atoms in total. The molecule has 6 rings (SSSR count). The van der Waals surface area contributed by atoms with Gasteiger partial charge >= 0.3 is 11.9 Å². The smallest absolute Gasteiger partial charge is 0.340 e. The number of hydrogen-bond acceptors (Lipinski definition) is 13. The van der Waals surface area contributed by atoms with Crippen molar-refractivity contribution in [3.63, 3.8) is 0 Å². The second-order valence-corrected chi connectivity index (χ2v) is 18.9. The Balaban J connectivity index is 1.51. The van der Waals surface area contributed by atoms with Crippen molar-refractivity contribution in [2.75, 3.05) is 57.1 Å². The summed E-state index contributed by atoms with van der Waals surface area (Å²) in [6.45, 7) is 2.07. The molecule has 288 valence electrons. The van der Waals surface area contributed by atoms with Crippen LogP contribution in [0.15, 0.2) is 76.4 Å². The van der Waals surface area contributed by atoms with Crippen molar-refractivity contribution < 1.29 is 50.5 Å².